The van der Waals surface area contributed by atoms with Gasteiger partial charge in [0.1, 0.15) is 17.7 Å². The Balaban J connectivity index is 1.25. The van der Waals surface area contributed by atoms with Gasteiger partial charge in [0.2, 0.25) is 5.11 Å². The summed E-state index contributed by atoms with van der Waals surface area (Å²) in [5.74, 6) is 1.31. The summed E-state index contributed by atoms with van der Waals surface area (Å²) in [5.41, 5.74) is 1.23. The molecule has 2 aliphatic rings. The normalized spacial score (nSPS) is 18.3. The van der Waals surface area contributed by atoms with Crippen LogP contribution in [0.15, 0.2) is 52.4 Å². The van der Waals surface area contributed by atoms with Crippen LogP contribution >= 0.6 is 12.2 Å². The van der Waals surface area contributed by atoms with E-state index in [-0.39, 0.29) is 11.9 Å². The predicted molar refractivity (Wildman–Crippen MR) is 111 cm³/mol. The van der Waals surface area contributed by atoms with E-state index in [0.717, 1.165) is 42.5 Å². The molecule has 28 heavy (non-hydrogen) atoms. The highest BCUT2D eigenvalue weighted by Gasteiger charge is 2.21. The zero-order chi connectivity index (χ0) is 19.5. The summed E-state index contributed by atoms with van der Waals surface area (Å²) >= 11 is 5.02. The molecule has 1 fully saturated rings. The Morgan fingerprint density at radius 3 is 2.57 bits per heavy atom. The lowest BCUT2D eigenvalue weighted by atomic mass is 9.90. The standard InChI is InChI=1S/C22H24FN3OS/c1-15(27-19-6-7-20-21(13-19)25-22(28)24-20)14-26-10-8-17(9-11-26)12-16-2-4-18(23)5-3-16/h2-7,13,15,17H,8-12,14H2,1H3. The van der Waals surface area contributed by atoms with E-state index >= 15 is 0 Å². The summed E-state index contributed by atoms with van der Waals surface area (Å²) in [7, 11) is 0. The first-order valence-electron chi connectivity index (χ1n) is 9.80. The van der Waals surface area contributed by atoms with E-state index in [2.05, 4.69) is 21.8 Å². The van der Waals surface area contributed by atoms with Crippen molar-refractivity contribution in [3.63, 3.8) is 0 Å². The van der Waals surface area contributed by atoms with Gasteiger partial charge < -0.3 is 4.74 Å². The topological polar surface area (TPSA) is 37.2 Å². The average molecular weight is 398 g/mol. The molecule has 1 atom stereocenters. The predicted octanol–water partition coefficient (Wildman–Crippen LogP) is 3.09. The molecule has 2 heterocycles. The van der Waals surface area contributed by atoms with Crippen molar-refractivity contribution in [3.05, 3.63) is 64.6 Å². The lowest BCUT2D eigenvalue weighted by Crippen LogP contribution is -2.40. The minimum absolute atomic E-state index is 0.0944. The molecule has 4 rings (SSSR count). The fourth-order valence-electron chi connectivity index (χ4n) is 3.95. The maximum atomic E-state index is 13.0. The number of likely N-dealkylation sites (tertiary alicyclic amines) is 1. The molecular formula is C22H24FN3OS. The van der Waals surface area contributed by atoms with Crippen LogP contribution < -0.4 is 15.5 Å². The number of hydrogen-bond donors (Lipinski definition) is 0. The molecule has 2 aliphatic heterocycles. The van der Waals surface area contributed by atoms with Gasteiger partial charge in [-0.15, -0.1) is 0 Å². The number of piperidine rings is 1. The number of rotatable bonds is 6. The quantitative estimate of drug-likeness (QED) is 0.703. The van der Waals surface area contributed by atoms with Crippen molar-refractivity contribution in [1.82, 2.24) is 4.90 Å². The third-order valence-corrected chi connectivity index (χ3v) is 5.56. The van der Waals surface area contributed by atoms with Crippen LogP contribution in [0.25, 0.3) is 0 Å². The van der Waals surface area contributed by atoms with Gasteiger partial charge in [-0.3, -0.25) is 4.90 Å². The molecule has 0 amide bonds. The Labute approximate surface area is 169 Å². The van der Waals surface area contributed by atoms with Gasteiger partial charge >= 0.3 is 0 Å². The van der Waals surface area contributed by atoms with Crippen LogP contribution in [0.2, 0.25) is 0 Å². The molecule has 0 radical (unpaired) electrons. The second kappa shape index (κ2) is 8.45. The summed E-state index contributed by atoms with van der Waals surface area (Å²) < 4.78 is 19.1. The molecule has 0 N–H and O–H groups in total. The van der Waals surface area contributed by atoms with Gasteiger partial charge in [0, 0.05) is 12.6 Å². The number of thiocarbonyl (C=S) groups is 1. The van der Waals surface area contributed by atoms with E-state index in [9.17, 15) is 4.39 Å². The van der Waals surface area contributed by atoms with Crippen LogP contribution in [0, 0.1) is 11.7 Å². The summed E-state index contributed by atoms with van der Waals surface area (Å²) in [6.07, 6.45) is 3.46. The Kier molecular flexibility index (Phi) is 5.78. The Morgan fingerprint density at radius 1 is 1.11 bits per heavy atom. The van der Waals surface area contributed by atoms with E-state index in [1.54, 1.807) is 12.1 Å². The summed E-state index contributed by atoms with van der Waals surface area (Å²) in [4.78, 5) is 10.9. The molecule has 146 valence electrons. The van der Waals surface area contributed by atoms with Gasteiger partial charge in [0.25, 0.3) is 0 Å². The van der Waals surface area contributed by atoms with Crippen molar-refractivity contribution in [2.45, 2.75) is 32.3 Å². The van der Waals surface area contributed by atoms with E-state index in [1.165, 1.54) is 18.4 Å². The largest absolute Gasteiger partial charge is 0.489 e. The molecule has 1 saturated heterocycles. The smallest absolute Gasteiger partial charge is 0.220 e. The third-order valence-electron chi connectivity index (χ3n) is 5.38. The number of halogens is 1. The average Bonchev–Trinajstić information content (AvgIpc) is 3.04. The zero-order valence-electron chi connectivity index (χ0n) is 16.0. The van der Waals surface area contributed by atoms with E-state index < -0.39 is 0 Å². The van der Waals surface area contributed by atoms with Gasteiger partial charge in [-0.1, -0.05) is 12.1 Å². The summed E-state index contributed by atoms with van der Waals surface area (Å²) in [6.45, 7) is 5.16. The highest BCUT2D eigenvalue weighted by atomic mass is 32.1. The highest BCUT2D eigenvalue weighted by molar-refractivity contribution is 7.80. The first-order valence-corrected chi connectivity index (χ1v) is 10.2. The van der Waals surface area contributed by atoms with Gasteiger partial charge in [-0.25, -0.2) is 14.4 Å². The minimum atomic E-state index is -0.165. The Morgan fingerprint density at radius 2 is 1.82 bits per heavy atom. The summed E-state index contributed by atoms with van der Waals surface area (Å²) in [5, 5.41) is 1.98. The highest BCUT2D eigenvalue weighted by Crippen LogP contribution is 2.22. The van der Waals surface area contributed by atoms with Crippen LogP contribution in [0.3, 0.4) is 0 Å². The van der Waals surface area contributed by atoms with Crippen molar-refractivity contribution >= 4 is 17.3 Å². The fraction of sp³-hybridized carbons (Fsp3) is 0.409. The number of benzene rings is 2. The SMILES string of the molecule is CC(CN1CCC(Cc2ccc(F)cc2)CC1)Oc1ccc2c(c1)=NC(=S)N=2. The lowest BCUT2D eigenvalue weighted by Gasteiger charge is -2.33. The second-order valence-electron chi connectivity index (χ2n) is 7.66. The second-order valence-corrected chi connectivity index (χ2v) is 8.02. The molecular weight excluding hydrogens is 373 g/mol. The number of hydrogen-bond acceptors (Lipinski definition) is 3. The van der Waals surface area contributed by atoms with Crippen molar-refractivity contribution < 1.29 is 9.13 Å². The van der Waals surface area contributed by atoms with Gasteiger partial charge in [0.15, 0.2) is 0 Å². The van der Waals surface area contributed by atoms with Crippen molar-refractivity contribution in [1.29, 1.82) is 0 Å². The van der Waals surface area contributed by atoms with Crippen LogP contribution in [0.1, 0.15) is 25.3 Å². The van der Waals surface area contributed by atoms with Crippen molar-refractivity contribution in [2.75, 3.05) is 19.6 Å². The molecule has 0 aromatic heterocycles. The van der Waals surface area contributed by atoms with Gasteiger partial charge in [0.05, 0.1) is 10.7 Å². The number of fused-ring (bicyclic) bond motifs is 1. The summed E-state index contributed by atoms with van der Waals surface area (Å²) in [6, 6.07) is 12.7. The first-order chi connectivity index (χ1) is 13.5. The van der Waals surface area contributed by atoms with Crippen molar-refractivity contribution in [2.24, 2.45) is 15.9 Å². The van der Waals surface area contributed by atoms with Crippen molar-refractivity contribution in [3.8, 4) is 5.75 Å². The molecule has 4 nitrogen and oxygen atoms in total. The van der Waals surface area contributed by atoms with Gasteiger partial charge in [-0.05, 0) is 87.2 Å². The molecule has 0 bridgehead atoms. The van der Waals surface area contributed by atoms with E-state index in [1.807, 2.05) is 30.3 Å². The molecule has 0 aliphatic carbocycles. The van der Waals surface area contributed by atoms with Crippen LogP contribution in [0.4, 0.5) is 4.39 Å². The lowest BCUT2D eigenvalue weighted by molar-refractivity contribution is 0.114. The van der Waals surface area contributed by atoms with Crippen LogP contribution in [-0.4, -0.2) is 35.8 Å². The molecule has 6 heteroatoms. The molecule has 2 aromatic rings. The maximum absolute atomic E-state index is 13.0. The van der Waals surface area contributed by atoms with Gasteiger partial charge in [-0.2, -0.15) is 0 Å². The molecule has 1 unspecified atom stereocenters. The Hall–Kier alpha value is -2.18. The van der Waals surface area contributed by atoms with E-state index in [0.29, 0.717) is 11.0 Å². The molecule has 0 saturated carbocycles. The fourth-order valence-corrected chi connectivity index (χ4v) is 4.15. The molecule has 0 spiro atoms. The first kappa shape index (κ1) is 19.2. The number of ether oxygens (including phenoxy) is 1. The maximum Gasteiger partial charge on any atom is 0.220 e. The molecule has 2 aromatic carbocycles. The Bertz CT molecular complexity index is 968. The third kappa shape index (κ3) is 4.80. The number of nitrogens with zero attached hydrogens (tertiary/aromatic N) is 3. The van der Waals surface area contributed by atoms with Crippen LogP contribution in [0.5, 0.6) is 5.75 Å². The van der Waals surface area contributed by atoms with E-state index in [4.69, 9.17) is 17.0 Å². The minimum Gasteiger partial charge on any atom is -0.489 e. The van der Waals surface area contributed by atoms with Crippen LogP contribution in [-0.2, 0) is 6.42 Å². The monoisotopic (exact) mass is 397 g/mol. The zero-order valence-corrected chi connectivity index (χ0v) is 16.8.